The van der Waals surface area contributed by atoms with Crippen LogP contribution in [0.25, 0.3) is 16.9 Å². The summed E-state index contributed by atoms with van der Waals surface area (Å²) in [7, 11) is 0. The van der Waals surface area contributed by atoms with Gasteiger partial charge in [0.1, 0.15) is 5.65 Å². The maximum atomic E-state index is 13.8. The molecule has 5 rings (SSSR count). The quantitative estimate of drug-likeness (QED) is 0.373. The summed E-state index contributed by atoms with van der Waals surface area (Å²) >= 11 is 0. The molecule has 8 heteroatoms. The minimum atomic E-state index is -4.50. The van der Waals surface area contributed by atoms with Crippen LogP contribution in [-0.2, 0) is 12.7 Å². The van der Waals surface area contributed by atoms with E-state index in [0.717, 1.165) is 54.5 Å². The summed E-state index contributed by atoms with van der Waals surface area (Å²) in [5, 5.41) is 2.65. The Morgan fingerprint density at radius 2 is 1.86 bits per heavy atom. The average Bonchev–Trinajstić information content (AvgIpc) is 3.49. The van der Waals surface area contributed by atoms with Gasteiger partial charge in [0.15, 0.2) is 0 Å². The molecule has 0 radical (unpaired) electrons. The van der Waals surface area contributed by atoms with Crippen molar-refractivity contribution in [2.45, 2.75) is 32.5 Å². The zero-order chi connectivity index (χ0) is 24.6. The molecule has 1 aliphatic rings. The van der Waals surface area contributed by atoms with Gasteiger partial charge in [-0.25, -0.2) is 4.98 Å². The molecule has 1 saturated heterocycles. The number of amides is 1. The van der Waals surface area contributed by atoms with E-state index in [4.69, 9.17) is 0 Å². The van der Waals surface area contributed by atoms with Gasteiger partial charge in [-0.1, -0.05) is 18.2 Å². The second kappa shape index (κ2) is 9.19. The Balaban J connectivity index is 1.42. The number of hydrogen-bond donors (Lipinski definition) is 1. The first-order valence-corrected chi connectivity index (χ1v) is 11.6. The smallest absolute Gasteiger partial charge is 0.322 e. The topological polar surface area (TPSA) is 49.6 Å². The van der Waals surface area contributed by atoms with Gasteiger partial charge in [-0.2, -0.15) is 13.2 Å². The van der Waals surface area contributed by atoms with Gasteiger partial charge in [-0.3, -0.25) is 14.1 Å². The molecule has 0 saturated carbocycles. The Labute approximate surface area is 201 Å². The number of rotatable bonds is 5. The van der Waals surface area contributed by atoms with E-state index in [9.17, 15) is 18.0 Å². The Hall–Kier alpha value is -3.65. The predicted octanol–water partition coefficient (Wildman–Crippen LogP) is 6.18. The third-order valence-electron chi connectivity index (χ3n) is 6.46. The lowest BCUT2D eigenvalue weighted by molar-refractivity contribution is -0.138. The van der Waals surface area contributed by atoms with E-state index in [1.165, 1.54) is 12.1 Å². The number of halogens is 3. The van der Waals surface area contributed by atoms with E-state index in [1.807, 2.05) is 46.7 Å². The molecule has 0 aliphatic carbocycles. The number of likely N-dealkylation sites (tertiary alicyclic amines) is 1. The van der Waals surface area contributed by atoms with Crippen molar-refractivity contribution < 1.29 is 18.0 Å². The van der Waals surface area contributed by atoms with Crippen LogP contribution in [0.4, 0.5) is 18.9 Å². The van der Waals surface area contributed by atoms with Gasteiger partial charge in [-0.15, -0.1) is 0 Å². The molecule has 180 valence electrons. The lowest BCUT2D eigenvalue weighted by Gasteiger charge is -2.20. The molecule has 0 atom stereocenters. The number of fused-ring (bicyclic) bond motifs is 1. The number of carbonyl (C=O) groups is 1. The van der Waals surface area contributed by atoms with Crippen LogP contribution in [-0.4, -0.2) is 33.3 Å². The number of benzene rings is 2. The maximum Gasteiger partial charge on any atom is 0.416 e. The molecule has 1 amide bonds. The molecule has 0 spiro atoms. The number of hydrogen-bond acceptors (Lipinski definition) is 3. The first-order chi connectivity index (χ1) is 16.8. The van der Waals surface area contributed by atoms with Crippen molar-refractivity contribution in [3.8, 4) is 11.3 Å². The van der Waals surface area contributed by atoms with Crippen molar-refractivity contribution in [1.82, 2.24) is 14.3 Å². The summed E-state index contributed by atoms with van der Waals surface area (Å²) in [6.45, 7) is 3.80. The largest absolute Gasteiger partial charge is 0.416 e. The van der Waals surface area contributed by atoms with E-state index < -0.39 is 17.6 Å². The summed E-state index contributed by atoms with van der Waals surface area (Å²) in [5.74, 6) is -0.472. The number of carbonyl (C=O) groups excluding carboxylic acids is 1. The first kappa shape index (κ1) is 23.1. The molecule has 1 N–H and O–H groups in total. The summed E-state index contributed by atoms with van der Waals surface area (Å²) in [5.41, 5.74) is 3.38. The molecule has 35 heavy (non-hydrogen) atoms. The molecule has 0 unspecified atom stereocenters. The molecule has 5 nitrogen and oxygen atoms in total. The van der Waals surface area contributed by atoms with Crippen LogP contribution in [0.15, 0.2) is 67.0 Å². The van der Waals surface area contributed by atoms with E-state index in [2.05, 4.69) is 10.3 Å². The molecule has 2 aromatic carbocycles. The number of nitrogens with zero attached hydrogens (tertiary/aromatic N) is 3. The molecule has 3 heterocycles. The van der Waals surface area contributed by atoms with E-state index >= 15 is 0 Å². The lowest BCUT2D eigenvalue weighted by Crippen LogP contribution is -2.21. The number of pyridine rings is 1. The maximum absolute atomic E-state index is 13.8. The van der Waals surface area contributed by atoms with Gasteiger partial charge in [0.2, 0.25) is 0 Å². The van der Waals surface area contributed by atoms with Crippen molar-refractivity contribution in [3.05, 3.63) is 89.2 Å². The molecular formula is C27H25F3N4O. The Morgan fingerprint density at radius 1 is 1.06 bits per heavy atom. The predicted molar refractivity (Wildman–Crippen MR) is 129 cm³/mol. The highest BCUT2D eigenvalue weighted by Gasteiger charge is 2.34. The van der Waals surface area contributed by atoms with Crippen LogP contribution in [0.1, 0.15) is 39.9 Å². The second-order valence-corrected chi connectivity index (χ2v) is 8.91. The minimum Gasteiger partial charge on any atom is -0.322 e. The van der Waals surface area contributed by atoms with Gasteiger partial charge in [0, 0.05) is 29.6 Å². The summed E-state index contributed by atoms with van der Waals surface area (Å²) in [6.07, 6.45) is 1.14. The molecule has 1 fully saturated rings. The van der Waals surface area contributed by atoms with Gasteiger partial charge >= 0.3 is 6.18 Å². The highest BCUT2D eigenvalue weighted by atomic mass is 19.4. The zero-order valence-corrected chi connectivity index (χ0v) is 19.3. The molecular weight excluding hydrogens is 453 g/mol. The average molecular weight is 479 g/mol. The molecule has 1 aliphatic heterocycles. The van der Waals surface area contributed by atoms with Gasteiger partial charge in [0.05, 0.1) is 17.5 Å². The van der Waals surface area contributed by atoms with Gasteiger partial charge in [0.25, 0.3) is 5.91 Å². The summed E-state index contributed by atoms with van der Waals surface area (Å²) in [4.78, 5) is 19.4. The van der Waals surface area contributed by atoms with Crippen LogP contribution in [0.5, 0.6) is 0 Å². The normalized spacial score (nSPS) is 14.5. The monoisotopic (exact) mass is 478 g/mol. The van der Waals surface area contributed by atoms with Crippen LogP contribution >= 0.6 is 0 Å². The van der Waals surface area contributed by atoms with Crippen LogP contribution < -0.4 is 5.32 Å². The van der Waals surface area contributed by atoms with Crippen molar-refractivity contribution in [2.75, 3.05) is 18.4 Å². The number of aryl methyl sites for hydroxylation is 1. The van der Waals surface area contributed by atoms with Crippen molar-refractivity contribution >= 4 is 17.2 Å². The molecule has 2 aromatic heterocycles. The summed E-state index contributed by atoms with van der Waals surface area (Å²) < 4.78 is 43.3. The standard InChI is InChI=1S/C27H25F3N4O/c1-18-7-8-19(14-22(18)24-16-31-25-6-2-3-13-34(24)25)26(35)32-21-10-9-20(17-33-11-4-5-12-33)23(15-21)27(28,29)30/h2-3,6-10,13-16H,4-5,11-12,17H2,1H3,(H,32,35). The van der Waals surface area contributed by atoms with Crippen molar-refractivity contribution in [1.29, 1.82) is 0 Å². The lowest BCUT2D eigenvalue weighted by atomic mass is 10.0. The fourth-order valence-corrected chi connectivity index (χ4v) is 4.61. The highest BCUT2D eigenvalue weighted by molar-refractivity contribution is 6.05. The van der Waals surface area contributed by atoms with E-state index in [-0.39, 0.29) is 17.8 Å². The third-order valence-corrected chi connectivity index (χ3v) is 6.46. The summed E-state index contributed by atoms with van der Waals surface area (Å²) in [6, 6.07) is 15.0. The Bertz CT molecular complexity index is 1390. The zero-order valence-electron chi connectivity index (χ0n) is 19.3. The fourth-order valence-electron chi connectivity index (χ4n) is 4.61. The number of nitrogens with one attached hydrogen (secondary N) is 1. The molecule has 0 bridgehead atoms. The second-order valence-electron chi connectivity index (χ2n) is 8.91. The number of anilines is 1. The number of aromatic nitrogens is 2. The van der Waals surface area contributed by atoms with Crippen LogP contribution in [0.2, 0.25) is 0 Å². The van der Waals surface area contributed by atoms with E-state index in [1.54, 1.807) is 18.3 Å². The number of imidazole rings is 1. The van der Waals surface area contributed by atoms with Gasteiger partial charge < -0.3 is 5.32 Å². The van der Waals surface area contributed by atoms with Gasteiger partial charge in [-0.05, 0) is 80.4 Å². The Kier molecular flexibility index (Phi) is 6.06. The fraction of sp³-hybridized carbons (Fsp3) is 0.259. The molecule has 4 aromatic rings. The number of alkyl halides is 3. The first-order valence-electron chi connectivity index (χ1n) is 11.6. The van der Waals surface area contributed by atoms with Crippen molar-refractivity contribution in [3.63, 3.8) is 0 Å². The minimum absolute atomic E-state index is 0.115. The third kappa shape index (κ3) is 4.79. The van der Waals surface area contributed by atoms with Crippen molar-refractivity contribution in [2.24, 2.45) is 0 Å². The van der Waals surface area contributed by atoms with Crippen LogP contribution in [0.3, 0.4) is 0 Å². The Morgan fingerprint density at radius 3 is 2.63 bits per heavy atom. The SMILES string of the molecule is Cc1ccc(C(=O)Nc2ccc(CN3CCCC3)c(C(F)(F)F)c2)cc1-c1cnc2ccccn12. The van der Waals surface area contributed by atoms with E-state index in [0.29, 0.717) is 5.56 Å². The van der Waals surface area contributed by atoms with Crippen LogP contribution in [0, 0.1) is 6.92 Å². The highest BCUT2D eigenvalue weighted by Crippen LogP contribution is 2.35.